The summed E-state index contributed by atoms with van der Waals surface area (Å²) >= 11 is 6.17. The van der Waals surface area contributed by atoms with Gasteiger partial charge >= 0.3 is 0 Å². The van der Waals surface area contributed by atoms with Crippen molar-refractivity contribution < 1.29 is 0 Å². The van der Waals surface area contributed by atoms with E-state index in [2.05, 4.69) is 4.98 Å². The summed E-state index contributed by atoms with van der Waals surface area (Å²) in [6, 6.07) is 6.08. The van der Waals surface area contributed by atoms with Crippen molar-refractivity contribution in [2.45, 2.75) is 13.8 Å². The Hall–Kier alpha value is -1.08. The second-order valence-corrected chi connectivity index (χ2v) is 3.62. The van der Waals surface area contributed by atoms with Crippen molar-refractivity contribution in [3.8, 4) is 0 Å². The highest BCUT2D eigenvalue weighted by Gasteiger charge is 2.02. The normalized spacial score (nSPS) is 10.7. The Morgan fingerprint density at radius 2 is 2.00 bits per heavy atom. The molecule has 0 aliphatic heterocycles. The predicted octanol–water partition coefficient (Wildman–Crippen LogP) is 3.51. The van der Waals surface area contributed by atoms with Crippen LogP contribution in [-0.2, 0) is 0 Å². The lowest BCUT2D eigenvalue weighted by Crippen LogP contribution is -1.83. The van der Waals surface area contributed by atoms with Gasteiger partial charge < -0.3 is 0 Å². The summed E-state index contributed by atoms with van der Waals surface area (Å²) in [5.41, 5.74) is 2.11. The van der Waals surface area contributed by atoms with E-state index in [1.165, 1.54) is 0 Å². The maximum Gasteiger partial charge on any atom is 0.0514 e. The average Bonchev–Trinajstić information content (AvgIpc) is 2.12. The summed E-state index contributed by atoms with van der Waals surface area (Å²) in [4.78, 5) is 4.22. The Labute approximate surface area is 82.4 Å². The van der Waals surface area contributed by atoms with E-state index in [0.717, 1.165) is 27.1 Å². The van der Waals surface area contributed by atoms with E-state index in [9.17, 15) is 0 Å². The Morgan fingerprint density at radius 1 is 1.23 bits per heavy atom. The third-order valence-electron chi connectivity index (χ3n) is 2.17. The summed E-state index contributed by atoms with van der Waals surface area (Å²) in [6.45, 7) is 3.98. The molecule has 0 N–H and O–H groups in total. The molecule has 1 aromatic carbocycles. The van der Waals surface area contributed by atoms with Gasteiger partial charge in [-0.1, -0.05) is 23.7 Å². The highest BCUT2D eigenvalue weighted by molar-refractivity contribution is 6.36. The van der Waals surface area contributed by atoms with Crippen LogP contribution in [0.2, 0.25) is 5.02 Å². The Kier molecular flexibility index (Phi) is 1.97. The van der Waals surface area contributed by atoms with Crippen molar-refractivity contribution in [2.75, 3.05) is 0 Å². The van der Waals surface area contributed by atoms with E-state index in [1.54, 1.807) is 0 Å². The highest BCUT2D eigenvalue weighted by Crippen LogP contribution is 2.26. The summed E-state index contributed by atoms with van der Waals surface area (Å²) in [6.07, 6.45) is 1.86. The molecule has 66 valence electrons. The first kappa shape index (κ1) is 8.52. The second-order valence-electron chi connectivity index (χ2n) is 3.24. The lowest BCUT2D eigenvalue weighted by Gasteiger charge is -2.03. The number of halogens is 1. The van der Waals surface area contributed by atoms with Crippen LogP contribution in [0.25, 0.3) is 10.8 Å². The zero-order chi connectivity index (χ0) is 9.42. The topological polar surface area (TPSA) is 12.9 Å². The number of pyridine rings is 1. The van der Waals surface area contributed by atoms with E-state index in [-0.39, 0.29) is 0 Å². The molecule has 0 amide bonds. The number of hydrogen-bond acceptors (Lipinski definition) is 1. The largest absolute Gasteiger partial charge is 0.261 e. The van der Waals surface area contributed by atoms with Gasteiger partial charge in [-0.2, -0.15) is 0 Å². The fourth-order valence-electron chi connectivity index (χ4n) is 1.39. The molecule has 0 aliphatic carbocycles. The molecule has 0 bridgehead atoms. The van der Waals surface area contributed by atoms with Gasteiger partial charge in [-0.05, 0) is 25.5 Å². The SMILES string of the molecule is Cc1cc2c(Cl)c(C)ccc2cn1. The predicted molar refractivity (Wildman–Crippen MR) is 56.2 cm³/mol. The first-order chi connectivity index (χ1) is 6.18. The van der Waals surface area contributed by atoms with Gasteiger partial charge in [0.2, 0.25) is 0 Å². The van der Waals surface area contributed by atoms with Gasteiger partial charge in [0.25, 0.3) is 0 Å². The molecule has 2 rings (SSSR count). The molecule has 2 heteroatoms. The molecule has 0 spiro atoms. The van der Waals surface area contributed by atoms with Crippen LogP contribution in [0.5, 0.6) is 0 Å². The van der Waals surface area contributed by atoms with Gasteiger partial charge in [-0.3, -0.25) is 4.98 Å². The molecule has 0 saturated carbocycles. The highest BCUT2D eigenvalue weighted by atomic mass is 35.5. The summed E-state index contributed by atoms with van der Waals surface area (Å²) < 4.78 is 0. The third-order valence-corrected chi connectivity index (χ3v) is 2.67. The Morgan fingerprint density at radius 3 is 2.77 bits per heavy atom. The number of aromatic nitrogens is 1. The van der Waals surface area contributed by atoms with Crippen LogP contribution in [0.15, 0.2) is 24.4 Å². The van der Waals surface area contributed by atoms with Crippen LogP contribution in [0, 0.1) is 13.8 Å². The molecular formula is C11H10ClN. The molecule has 0 atom stereocenters. The molecule has 0 radical (unpaired) electrons. The van der Waals surface area contributed by atoms with Crippen LogP contribution in [0.4, 0.5) is 0 Å². The molecule has 2 aromatic rings. The third kappa shape index (κ3) is 1.40. The van der Waals surface area contributed by atoms with Gasteiger partial charge in [0.05, 0.1) is 5.02 Å². The van der Waals surface area contributed by atoms with Crippen LogP contribution in [-0.4, -0.2) is 4.98 Å². The summed E-state index contributed by atoms with van der Waals surface area (Å²) in [7, 11) is 0. The molecular weight excluding hydrogens is 182 g/mol. The molecule has 0 fully saturated rings. The molecule has 13 heavy (non-hydrogen) atoms. The minimum Gasteiger partial charge on any atom is -0.261 e. The first-order valence-corrected chi connectivity index (χ1v) is 4.58. The zero-order valence-corrected chi connectivity index (χ0v) is 8.39. The van der Waals surface area contributed by atoms with Crippen LogP contribution in [0.1, 0.15) is 11.3 Å². The molecule has 0 saturated heterocycles. The van der Waals surface area contributed by atoms with Gasteiger partial charge in [-0.15, -0.1) is 0 Å². The molecule has 1 aromatic heterocycles. The van der Waals surface area contributed by atoms with E-state index in [0.29, 0.717) is 0 Å². The van der Waals surface area contributed by atoms with E-state index >= 15 is 0 Å². The standard InChI is InChI=1S/C11H10ClN/c1-7-3-4-9-6-13-8(2)5-10(9)11(7)12/h3-6H,1-2H3. The number of rotatable bonds is 0. The summed E-state index contributed by atoms with van der Waals surface area (Å²) in [5.74, 6) is 0. The quantitative estimate of drug-likeness (QED) is 0.621. The second kappa shape index (κ2) is 3.00. The van der Waals surface area contributed by atoms with Crippen molar-refractivity contribution in [3.63, 3.8) is 0 Å². The molecule has 1 nitrogen and oxygen atoms in total. The van der Waals surface area contributed by atoms with Crippen molar-refractivity contribution in [3.05, 3.63) is 40.7 Å². The van der Waals surface area contributed by atoms with Crippen molar-refractivity contribution >= 4 is 22.4 Å². The molecule has 1 heterocycles. The minimum absolute atomic E-state index is 0.836. The van der Waals surface area contributed by atoms with Crippen LogP contribution < -0.4 is 0 Å². The average molecular weight is 192 g/mol. The van der Waals surface area contributed by atoms with Gasteiger partial charge in [0.15, 0.2) is 0 Å². The maximum atomic E-state index is 6.17. The number of benzene rings is 1. The van der Waals surface area contributed by atoms with E-state index in [4.69, 9.17) is 11.6 Å². The van der Waals surface area contributed by atoms with Crippen molar-refractivity contribution in [1.82, 2.24) is 4.98 Å². The van der Waals surface area contributed by atoms with Crippen molar-refractivity contribution in [1.29, 1.82) is 0 Å². The van der Waals surface area contributed by atoms with E-state index < -0.39 is 0 Å². The fraction of sp³-hybridized carbons (Fsp3) is 0.182. The van der Waals surface area contributed by atoms with Crippen LogP contribution in [0.3, 0.4) is 0 Å². The Balaban J connectivity index is 2.89. The minimum atomic E-state index is 0.836. The number of nitrogens with zero attached hydrogens (tertiary/aromatic N) is 1. The van der Waals surface area contributed by atoms with Crippen LogP contribution >= 0.6 is 11.6 Å². The number of hydrogen-bond donors (Lipinski definition) is 0. The lowest BCUT2D eigenvalue weighted by atomic mass is 10.1. The number of fused-ring (bicyclic) bond motifs is 1. The van der Waals surface area contributed by atoms with Gasteiger partial charge in [0.1, 0.15) is 0 Å². The molecule has 0 unspecified atom stereocenters. The number of aryl methyl sites for hydroxylation is 2. The van der Waals surface area contributed by atoms with E-state index in [1.807, 2.05) is 38.2 Å². The monoisotopic (exact) mass is 191 g/mol. The smallest absolute Gasteiger partial charge is 0.0514 e. The fourth-order valence-corrected chi connectivity index (χ4v) is 1.62. The van der Waals surface area contributed by atoms with Gasteiger partial charge in [-0.25, -0.2) is 0 Å². The van der Waals surface area contributed by atoms with Crippen molar-refractivity contribution in [2.24, 2.45) is 0 Å². The maximum absolute atomic E-state index is 6.17. The first-order valence-electron chi connectivity index (χ1n) is 4.20. The van der Waals surface area contributed by atoms with Gasteiger partial charge in [0, 0.05) is 22.7 Å². The Bertz CT molecular complexity index is 458. The zero-order valence-electron chi connectivity index (χ0n) is 7.63. The lowest BCUT2D eigenvalue weighted by molar-refractivity contribution is 1.22. The molecule has 0 aliphatic rings. The summed E-state index contributed by atoms with van der Waals surface area (Å²) in [5, 5.41) is 3.03.